The number of nitrogens with zero attached hydrogens (tertiary/aromatic N) is 1. The van der Waals surface area contributed by atoms with Crippen LogP contribution in [0.25, 0.3) is 11.0 Å². The van der Waals surface area contributed by atoms with Gasteiger partial charge in [-0.2, -0.15) is 0 Å². The number of halogens is 1. The molecule has 0 aliphatic heterocycles. The third-order valence-corrected chi connectivity index (χ3v) is 5.50. The van der Waals surface area contributed by atoms with E-state index in [9.17, 15) is 4.79 Å². The number of furan rings is 2. The van der Waals surface area contributed by atoms with Crippen LogP contribution in [0.4, 0.5) is 0 Å². The van der Waals surface area contributed by atoms with Crippen molar-refractivity contribution in [2.45, 2.75) is 33.4 Å². The minimum absolute atomic E-state index is 0.0114. The highest BCUT2D eigenvalue weighted by molar-refractivity contribution is 6.30. The molecule has 0 N–H and O–H groups in total. The smallest absolute Gasteiger partial charge is 0.227 e. The Morgan fingerprint density at radius 3 is 2.52 bits per heavy atom. The van der Waals surface area contributed by atoms with E-state index in [1.54, 1.807) is 17.4 Å². The zero-order valence-corrected chi connectivity index (χ0v) is 17.2. The van der Waals surface area contributed by atoms with E-state index in [1.807, 2.05) is 49.4 Å². The van der Waals surface area contributed by atoms with Crippen LogP contribution in [0.5, 0.6) is 0 Å². The van der Waals surface area contributed by atoms with Gasteiger partial charge in [0.15, 0.2) is 0 Å². The molecule has 148 valence electrons. The summed E-state index contributed by atoms with van der Waals surface area (Å²) in [6, 6.07) is 15.3. The number of aryl methyl sites for hydroxylation is 2. The van der Waals surface area contributed by atoms with Crippen molar-refractivity contribution in [3.8, 4) is 0 Å². The number of carbonyl (C=O) groups excluding carboxylic acids is 1. The number of hydrogen-bond acceptors (Lipinski definition) is 3. The average Bonchev–Trinajstić information content (AvgIpc) is 3.36. The summed E-state index contributed by atoms with van der Waals surface area (Å²) >= 11 is 5.99. The van der Waals surface area contributed by atoms with Gasteiger partial charge in [-0.25, -0.2) is 0 Å². The summed E-state index contributed by atoms with van der Waals surface area (Å²) in [6.07, 6.45) is 3.58. The Morgan fingerprint density at radius 2 is 1.79 bits per heavy atom. The van der Waals surface area contributed by atoms with Gasteiger partial charge in [0.05, 0.1) is 25.5 Å². The van der Waals surface area contributed by atoms with E-state index in [2.05, 4.69) is 13.0 Å². The van der Waals surface area contributed by atoms with Crippen LogP contribution >= 0.6 is 11.6 Å². The van der Waals surface area contributed by atoms with E-state index in [1.165, 1.54) is 5.56 Å². The van der Waals surface area contributed by atoms with Gasteiger partial charge in [0.2, 0.25) is 5.91 Å². The molecule has 4 rings (SSSR count). The van der Waals surface area contributed by atoms with Crippen molar-refractivity contribution in [1.29, 1.82) is 0 Å². The normalized spacial score (nSPS) is 11.1. The largest absolute Gasteiger partial charge is 0.467 e. The van der Waals surface area contributed by atoms with Crippen molar-refractivity contribution in [1.82, 2.24) is 4.90 Å². The Kier molecular flexibility index (Phi) is 5.45. The second-order valence-electron chi connectivity index (χ2n) is 7.28. The molecule has 0 fully saturated rings. The average molecular weight is 408 g/mol. The number of hydrogen-bond donors (Lipinski definition) is 0. The van der Waals surface area contributed by atoms with Crippen molar-refractivity contribution in [3.05, 3.63) is 94.1 Å². The first-order valence-corrected chi connectivity index (χ1v) is 9.90. The van der Waals surface area contributed by atoms with Gasteiger partial charge in [-0.15, -0.1) is 0 Å². The van der Waals surface area contributed by atoms with Crippen LogP contribution in [0.2, 0.25) is 5.02 Å². The van der Waals surface area contributed by atoms with E-state index >= 15 is 0 Å². The Bertz CT molecular complexity index is 1130. The molecule has 4 aromatic rings. The lowest BCUT2D eigenvalue weighted by atomic mass is 10.0. The quantitative estimate of drug-likeness (QED) is 0.390. The van der Waals surface area contributed by atoms with Crippen LogP contribution in [0, 0.1) is 13.8 Å². The van der Waals surface area contributed by atoms with Gasteiger partial charge in [0.25, 0.3) is 0 Å². The molecule has 0 aliphatic carbocycles. The molecule has 0 saturated heterocycles. The zero-order valence-electron chi connectivity index (χ0n) is 16.4. The molecule has 0 bridgehead atoms. The maximum atomic E-state index is 13.2. The topological polar surface area (TPSA) is 46.6 Å². The summed E-state index contributed by atoms with van der Waals surface area (Å²) in [7, 11) is 0. The fraction of sp³-hybridized carbons (Fsp3) is 0.208. The molecule has 1 amide bonds. The first-order chi connectivity index (χ1) is 14.0. The highest BCUT2D eigenvalue weighted by Gasteiger charge is 2.19. The minimum atomic E-state index is 0.0114. The Morgan fingerprint density at radius 1 is 1.00 bits per heavy atom. The summed E-state index contributed by atoms with van der Waals surface area (Å²) in [5.41, 5.74) is 5.04. The molecule has 2 aromatic carbocycles. The third-order valence-electron chi connectivity index (χ3n) is 5.25. The van der Waals surface area contributed by atoms with Crippen molar-refractivity contribution < 1.29 is 13.6 Å². The van der Waals surface area contributed by atoms with Gasteiger partial charge in [0, 0.05) is 22.5 Å². The summed E-state index contributed by atoms with van der Waals surface area (Å²) in [6.45, 7) is 4.98. The second-order valence-corrected chi connectivity index (χ2v) is 7.71. The van der Waals surface area contributed by atoms with E-state index in [0.717, 1.165) is 33.4 Å². The van der Waals surface area contributed by atoms with Crippen LogP contribution in [0.3, 0.4) is 0 Å². The molecular formula is C24H22ClNO3. The van der Waals surface area contributed by atoms with E-state index in [-0.39, 0.29) is 12.3 Å². The third kappa shape index (κ3) is 4.22. The molecule has 0 aliphatic rings. The number of amides is 1. The van der Waals surface area contributed by atoms with Crippen molar-refractivity contribution in [2.75, 3.05) is 0 Å². The maximum absolute atomic E-state index is 13.2. The lowest BCUT2D eigenvalue weighted by Gasteiger charge is -2.22. The number of benzene rings is 2. The van der Waals surface area contributed by atoms with Crippen LogP contribution < -0.4 is 0 Å². The van der Waals surface area contributed by atoms with Crippen LogP contribution in [0.15, 0.2) is 69.9 Å². The van der Waals surface area contributed by atoms with Crippen molar-refractivity contribution in [3.63, 3.8) is 0 Å². The van der Waals surface area contributed by atoms with Gasteiger partial charge in [-0.3, -0.25) is 4.79 Å². The van der Waals surface area contributed by atoms with Gasteiger partial charge in [-0.05, 0) is 54.8 Å². The fourth-order valence-electron chi connectivity index (χ4n) is 3.43. The Hall–Kier alpha value is -2.98. The first-order valence-electron chi connectivity index (χ1n) is 9.52. The standard InChI is InChI=1S/C24H22ClNO3/c1-16-5-10-22-19(15-29-24(22)17(16)2)12-23(27)26(14-21-4-3-11-28-21)13-18-6-8-20(25)9-7-18/h3-11,15H,12-14H2,1-2H3. The predicted octanol–water partition coefficient (Wildman–Crippen LogP) is 6.07. The molecular weight excluding hydrogens is 386 g/mol. The van der Waals surface area contributed by atoms with Gasteiger partial charge in [-0.1, -0.05) is 35.9 Å². The summed E-state index contributed by atoms with van der Waals surface area (Å²) in [5.74, 6) is 0.758. The van der Waals surface area contributed by atoms with Crippen molar-refractivity contribution in [2.24, 2.45) is 0 Å². The lowest BCUT2D eigenvalue weighted by molar-refractivity contribution is -0.132. The molecule has 0 spiro atoms. The maximum Gasteiger partial charge on any atom is 0.227 e. The molecule has 0 saturated carbocycles. The summed E-state index contributed by atoms with van der Waals surface area (Å²) < 4.78 is 11.2. The van der Waals surface area contributed by atoms with E-state index in [4.69, 9.17) is 20.4 Å². The van der Waals surface area contributed by atoms with Crippen LogP contribution in [-0.4, -0.2) is 10.8 Å². The molecule has 29 heavy (non-hydrogen) atoms. The number of rotatable bonds is 6. The minimum Gasteiger partial charge on any atom is -0.467 e. The molecule has 0 unspecified atom stereocenters. The number of carbonyl (C=O) groups is 1. The molecule has 4 nitrogen and oxygen atoms in total. The molecule has 2 heterocycles. The van der Waals surface area contributed by atoms with Gasteiger partial charge in [0.1, 0.15) is 11.3 Å². The lowest BCUT2D eigenvalue weighted by Crippen LogP contribution is -2.31. The fourth-order valence-corrected chi connectivity index (χ4v) is 3.56. The van der Waals surface area contributed by atoms with Gasteiger partial charge < -0.3 is 13.7 Å². The van der Waals surface area contributed by atoms with Crippen LogP contribution in [0.1, 0.15) is 28.0 Å². The molecule has 0 atom stereocenters. The van der Waals surface area contributed by atoms with Gasteiger partial charge >= 0.3 is 0 Å². The van der Waals surface area contributed by atoms with Crippen LogP contribution in [-0.2, 0) is 24.3 Å². The number of fused-ring (bicyclic) bond motifs is 1. The van der Waals surface area contributed by atoms with E-state index < -0.39 is 0 Å². The summed E-state index contributed by atoms with van der Waals surface area (Å²) in [4.78, 5) is 15.0. The molecule has 0 radical (unpaired) electrons. The highest BCUT2D eigenvalue weighted by Crippen LogP contribution is 2.27. The first kappa shape index (κ1) is 19.3. The summed E-state index contributed by atoms with van der Waals surface area (Å²) in [5, 5.41) is 1.67. The zero-order chi connectivity index (χ0) is 20.4. The molecule has 2 aromatic heterocycles. The Labute approximate surface area is 174 Å². The van der Waals surface area contributed by atoms with Crippen molar-refractivity contribution >= 4 is 28.5 Å². The second kappa shape index (κ2) is 8.18. The molecule has 5 heteroatoms. The van der Waals surface area contributed by atoms with E-state index in [0.29, 0.717) is 18.1 Å². The SMILES string of the molecule is Cc1ccc2c(CC(=O)N(Cc3ccc(Cl)cc3)Cc3ccco3)coc2c1C. The monoisotopic (exact) mass is 407 g/mol. The predicted molar refractivity (Wildman–Crippen MR) is 114 cm³/mol. The highest BCUT2D eigenvalue weighted by atomic mass is 35.5. The Balaban J connectivity index is 1.59.